The van der Waals surface area contributed by atoms with Gasteiger partial charge >= 0.3 is 5.97 Å². The number of carbonyl (C=O) groups excluding carboxylic acids is 1. The number of ether oxygens (including phenoxy) is 2. The average Bonchev–Trinajstić information content (AvgIpc) is 2.30. The van der Waals surface area contributed by atoms with Crippen LogP contribution in [0.2, 0.25) is 0 Å². The van der Waals surface area contributed by atoms with Crippen LogP contribution >= 0.6 is 0 Å². The lowest BCUT2D eigenvalue weighted by atomic mass is 10.1. The summed E-state index contributed by atoms with van der Waals surface area (Å²) in [5.41, 5.74) is 1.45. The molecule has 0 aliphatic heterocycles. The number of benzene rings is 1. The van der Waals surface area contributed by atoms with Crippen molar-refractivity contribution in [1.82, 2.24) is 0 Å². The molecule has 0 heterocycles. The highest BCUT2D eigenvalue weighted by molar-refractivity contribution is 5.72. The lowest BCUT2D eigenvalue weighted by Gasteiger charge is -2.09. The third-order valence-electron chi connectivity index (χ3n) is 2.18. The van der Waals surface area contributed by atoms with E-state index in [1.54, 1.807) is 24.3 Å². The van der Waals surface area contributed by atoms with Crippen molar-refractivity contribution in [2.75, 3.05) is 13.7 Å². The number of methoxy groups -OCH3 is 1. The smallest absolute Gasteiger partial charge is 0.309 e. The van der Waals surface area contributed by atoms with Crippen LogP contribution in [0.15, 0.2) is 24.3 Å². The van der Waals surface area contributed by atoms with Crippen LogP contribution < -0.4 is 0 Å². The second-order valence-electron chi connectivity index (χ2n) is 3.43. The van der Waals surface area contributed by atoms with E-state index in [0.717, 1.165) is 11.1 Å². The van der Waals surface area contributed by atoms with Crippen molar-refractivity contribution in [2.45, 2.75) is 19.5 Å². The van der Waals surface area contributed by atoms with Crippen molar-refractivity contribution in [3.63, 3.8) is 0 Å². The van der Waals surface area contributed by atoms with E-state index in [0.29, 0.717) is 0 Å². The molecule has 1 aromatic carbocycles. The topological polar surface area (TPSA) is 35.5 Å². The van der Waals surface area contributed by atoms with E-state index >= 15 is 0 Å². The summed E-state index contributed by atoms with van der Waals surface area (Å²) in [7, 11) is 1.30. The molecule has 1 aromatic rings. The molecule has 0 bridgehead atoms. The van der Waals surface area contributed by atoms with Gasteiger partial charge in [0.2, 0.25) is 0 Å². The van der Waals surface area contributed by atoms with Crippen LogP contribution in [0.5, 0.6) is 0 Å². The molecule has 0 aromatic heterocycles. The molecule has 0 unspecified atom stereocenters. The minimum absolute atomic E-state index is 0.0670. The van der Waals surface area contributed by atoms with Gasteiger partial charge in [-0.15, -0.1) is 0 Å². The van der Waals surface area contributed by atoms with Gasteiger partial charge in [-0.25, -0.2) is 8.78 Å². The SMILES string of the molecule is COC(=O)Cc1ccccc1COCC(F)F. The van der Waals surface area contributed by atoms with Crippen molar-refractivity contribution in [2.24, 2.45) is 0 Å². The van der Waals surface area contributed by atoms with E-state index in [2.05, 4.69) is 4.74 Å². The summed E-state index contributed by atoms with van der Waals surface area (Å²) < 4.78 is 33.2. The van der Waals surface area contributed by atoms with Crippen LogP contribution in [0.1, 0.15) is 11.1 Å². The lowest BCUT2D eigenvalue weighted by molar-refractivity contribution is -0.139. The number of hydrogen-bond donors (Lipinski definition) is 0. The van der Waals surface area contributed by atoms with Gasteiger partial charge in [0.25, 0.3) is 6.43 Å². The van der Waals surface area contributed by atoms with Crippen molar-refractivity contribution < 1.29 is 23.0 Å². The third-order valence-corrected chi connectivity index (χ3v) is 2.18. The third kappa shape index (κ3) is 4.91. The van der Waals surface area contributed by atoms with Gasteiger partial charge in [-0.05, 0) is 11.1 Å². The maximum Gasteiger partial charge on any atom is 0.309 e. The van der Waals surface area contributed by atoms with Gasteiger partial charge in [0.05, 0.1) is 20.1 Å². The maximum absolute atomic E-state index is 11.9. The van der Waals surface area contributed by atoms with E-state index in [-0.39, 0.29) is 19.0 Å². The zero-order valence-corrected chi connectivity index (χ0v) is 9.49. The Labute approximate surface area is 98.3 Å². The van der Waals surface area contributed by atoms with E-state index in [1.807, 2.05) is 0 Å². The Kier molecular flexibility index (Phi) is 5.56. The molecule has 0 saturated carbocycles. The first-order valence-electron chi connectivity index (χ1n) is 5.13. The molecule has 0 saturated heterocycles. The summed E-state index contributed by atoms with van der Waals surface area (Å²) in [6, 6.07) is 7.03. The number of halogens is 2. The highest BCUT2D eigenvalue weighted by atomic mass is 19.3. The summed E-state index contributed by atoms with van der Waals surface area (Å²) in [5.74, 6) is -0.369. The molecule has 3 nitrogen and oxygen atoms in total. The molecular weight excluding hydrogens is 230 g/mol. The Morgan fingerprint density at radius 1 is 1.29 bits per heavy atom. The summed E-state index contributed by atoms with van der Waals surface area (Å²) in [6.07, 6.45) is -2.37. The molecule has 0 fully saturated rings. The molecule has 0 aliphatic rings. The van der Waals surface area contributed by atoms with E-state index < -0.39 is 13.0 Å². The molecule has 0 amide bonds. The number of rotatable bonds is 6. The van der Waals surface area contributed by atoms with Gasteiger partial charge in [0.15, 0.2) is 0 Å². The van der Waals surface area contributed by atoms with Crippen molar-refractivity contribution in [3.05, 3.63) is 35.4 Å². The van der Waals surface area contributed by atoms with Crippen LogP contribution in [-0.4, -0.2) is 26.1 Å². The average molecular weight is 244 g/mol. The Bertz CT molecular complexity index is 367. The van der Waals surface area contributed by atoms with E-state index in [4.69, 9.17) is 4.74 Å². The first-order chi connectivity index (χ1) is 8.13. The monoisotopic (exact) mass is 244 g/mol. The highest BCUT2D eigenvalue weighted by Crippen LogP contribution is 2.12. The summed E-state index contributed by atoms with van der Waals surface area (Å²) in [5, 5.41) is 0. The fourth-order valence-corrected chi connectivity index (χ4v) is 1.36. The largest absolute Gasteiger partial charge is 0.469 e. The fourth-order valence-electron chi connectivity index (χ4n) is 1.36. The lowest BCUT2D eigenvalue weighted by Crippen LogP contribution is -2.09. The minimum atomic E-state index is -2.48. The van der Waals surface area contributed by atoms with Gasteiger partial charge in [-0.3, -0.25) is 4.79 Å². The quantitative estimate of drug-likeness (QED) is 0.719. The predicted octanol–water partition coefficient (Wildman–Crippen LogP) is 2.18. The fraction of sp³-hybridized carbons (Fsp3) is 0.417. The van der Waals surface area contributed by atoms with Gasteiger partial charge < -0.3 is 9.47 Å². The first kappa shape index (κ1) is 13.6. The summed E-state index contributed by atoms with van der Waals surface area (Å²) in [6.45, 7) is -0.538. The number of hydrogen-bond acceptors (Lipinski definition) is 3. The Balaban J connectivity index is 2.61. The van der Waals surface area contributed by atoms with Crippen molar-refractivity contribution >= 4 is 5.97 Å². The summed E-state index contributed by atoms with van der Waals surface area (Å²) in [4.78, 5) is 11.1. The first-order valence-corrected chi connectivity index (χ1v) is 5.13. The summed E-state index contributed by atoms with van der Waals surface area (Å²) >= 11 is 0. The van der Waals surface area contributed by atoms with Gasteiger partial charge in [-0.1, -0.05) is 24.3 Å². The molecule has 0 N–H and O–H groups in total. The zero-order valence-electron chi connectivity index (χ0n) is 9.49. The van der Waals surface area contributed by atoms with Gasteiger partial charge in [0.1, 0.15) is 6.61 Å². The standard InChI is InChI=1S/C12H14F2O3/c1-16-12(15)6-9-4-2-3-5-10(9)7-17-8-11(13)14/h2-5,11H,6-8H2,1H3. The number of alkyl halides is 2. The van der Waals surface area contributed by atoms with Gasteiger partial charge in [0, 0.05) is 0 Å². The molecule has 0 radical (unpaired) electrons. The second-order valence-corrected chi connectivity index (χ2v) is 3.43. The molecule has 5 heteroatoms. The normalized spacial score (nSPS) is 10.6. The second kappa shape index (κ2) is 6.96. The minimum Gasteiger partial charge on any atom is -0.469 e. The van der Waals surface area contributed by atoms with Crippen LogP contribution in [0.3, 0.4) is 0 Å². The number of esters is 1. The van der Waals surface area contributed by atoms with Crippen LogP contribution in [0.25, 0.3) is 0 Å². The Morgan fingerprint density at radius 2 is 1.94 bits per heavy atom. The predicted molar refractivity (Wildman–Crippen MR) is 57.8 cm³/mol. The van der Waals surface area contributed by atoms with Crippen LogP contribution in [-0.2, 0) is 27.3 Å². The molecule has 0 spiro atoms. The van der Waals surface area contributed by atoms with E-state index in [9.17, 15) is 13.6 Å². The van der Waals surface area contributed by atoms with Crippen LogP contribution in [0.4, 0.5) is 8.78 Å². The zero-order chi connectivity index (χ0) is 12.7. The Morgan fingerprint density at radius 3 is 2.53 bits per heavy atom. The number of carbonyl (C=O) groups is 1. The molecule has 94 valence electrons. The van der Waals surface area contributed by atoms with Crippen molar-refractivity contribution in [1.29, 1.82) is 0 Å². The van der Waals surface area contributed by atoms with E-state index in [1.165, 1.54) is 7.11 Å². The van der Waals surface area contributed by atoms with Crippen molar-refractivity contribution in [3.8, 4) is 0 Å². The highest BCUT2D eigenvalue weighted by Gasteiger charge is 2.09. The molecule has 1 rings (SSSR count). The van der Waals surface area contributed by atoms with Crippen LogP contribution in [0, 0.1) is 0 Å². The Hall–Kier alpha value is -1.49. The molecule has 0 atom stereocenters. The van der Waals surface area contributed by atoms with Gasteiger partial charge in [-0.2, -0.15) is 0 Å². The maximum atomic E-state index is 11.9. The molecular formula is C12H14F2O3. The molecule has 17 heavy (non-hydrogen) atoms. The molecule has 0 aliphatic carbocycles.